The van der Waals surface area contributed by atoms with E-state index >= 15 is 0 Å². The second-order valence-electron chi connectivity index (χ2n) is 7.08. The quantitative estimate of drug-likeness (QED) is 0.666. The van der Waals surface area contributed by atoms with Crippen LogP contribution in [0.5, 0.6) is 0 Å². The van der Waals surface area contributed by atoms with Crippen molar-refractivity contribution in [3.8, 4) is 0 Å². The monoisotopic (exact) mass is 394 g/mol. The van der Waals surface area contributed by atoms with E-state index in [0.717, 1.165) is 24.9 Å². The van der Waals surface area contributed by atoms with E-state index in [0.29, 0.717) is 22.0 Å². The van der Waals surface area contributed by atoms with Crippen LogP contribution in [0.1, 0.15) is 35.7 Å². The summed E-state index contributed by atoms with van der Waals surface area (Å²) in [7, 11) is -2.09. The Bertz CT molecular complexity index is 1170. The summed E-state index contributed by atoms with van der Waals surface area (Å²) in [5.41, 5.74) is 2.98. The molecular formula is C22H22N2O3S. The first-order valence-corrected chi connectivity index (χ1v) is 10.9. The van der Waals surface area contributed by atoms with Gasteiger partial charge in [-0.3, -0.25) is 9.52 Å². The Morgan fingerprint density at radius 1 is 1.00 bits per heavy atom. The van der Waals surface area contributed by atoms with Crippen LogP contribution in [0.15, 0.2) is 59.5 Å². The van der Waals surface area contributed by atoms with Crippen molar-refractivity contribution in [2.75, 3.05) is 16.7 Å². The van der Waals surface area contributed by atoms with E-state index in [-0.39, 0.29) is 10.8 Å². The van der Waals surface area contributed by atoms with Crippen LogP contribution in [0.4, 0.5) is 11.4 Å². The van der Waals surface area contributed by atoms with Crippen LogP contribution in [0.25, 0.3) is 10.8 Å². The summed E-state index contributed by atoms with van der Waals surface area (Å²) in [6.07, 6.45) is 3.22. The number of unbranched alkanes of at least 4 members (excludes halogenated alkanes) is 1. The molecular weight excluding hydrogens is 372 g/mol. The first-order chi connectivity index (χ1) is 13.4. The number of nitrogens with zero attached hydrogens (tertiary/aromatic N) is 1. The number of benzene rings is 3. The van der Waals surface area contributed by atoms with Crippen molar-refractivity contribution in [1.82, 2.24) is 0 Å². The molecule has 3 aromatic carbocycles. The van der Waals surface area contributed by atoms with E-state index in [9.17, 15) is 13.2 Å². The fourth-order valence-electron chi connectivity index (χ4n) is 3.67. The SMILES string of the molecule is CCCCc1ccc(NS(=O)(=O)c2ccc3c4c(cccc24)C(=O)N3C)cc1. The minimum atomic E-state index is -3.79. The largest absolute Gasteiger partial charge is 0.311 e. The fourth-order valence-corrected chi connectivity index (χ4v) is 4.94. The van der Waals surface area contributed by atoms with Crippen LogP contribution in [0, 0.1) is 0 Å². The minimum Gasteiger partial charge on any atom is -0.311 e. The van der Waals surface area contributed by atoms with Gasteiger partial charge in [-0.25, -0.2) is 8.42 Å². The highest BCUT2D eigenvalue weighted by Gasteiger charge is 2.30. The highest BCUT2D eigenvalue weighted by atomic mass is 32.2. The molecule has 0 spiro atoms. The van der Waals surface area contributed by atoms with Crippen molar-refractivity contribution in [1.29, 1.82) is 0 Å². The summed E-state index contributed by atoms with van der Waals surface area (Å²) < 4.78 is 28.8. The lowest BCUT2D eigenvalue weighted by Crippen LogP contribution is -2.20. The van der Waals surface area contributed by atoms with Gasteiger partial charge in [-0.1, -0.05) is 37.6 Å². The predicted octanol–water partition coefficient (Wildman–Crippen LogP) is 4.57. The van der Waals surface area contributed by atoms with Crippen LogP contribution in [-0.2, 0) is 16.4 Å². The van der Waals surface area contributed by atoms with Crippen molar-refractivity contribution in [2.45, 2.75) is 31.1 Å². The molecule has 0 aliphatic carbocycles. The first-order valence-electron chi connectivity index (χ1n) is 9.38. The number of amides is 1. The van der Waals surface area contributed by atoms with Gasteiger partial charge in [0.2, 0.25) is 0 Å². The van der Waals surface area contributed by atoms with Gasteiger partial charge >= 0.3 is 0 Å². The first kappa shape index (κ1) is 18.5. The minimum absolute atomic E-state index is 0.120. The highest BCUT2D eigenvalue weighted by Crippen LogP contribution is 2.39. The number of rotatable bonds is 6. The molecule has 0 aromatic heterocycles. The molecule has 0 atom stereocenters. The number of carbonyl (C=O) groups excluding carboxylic acids is 1. The Labute approximate surface area is 165 Å². The second kappa shape index (κ2) is 6.95. The fraction of sp³-hybridized carbons (Fsp3) is 0.227. The third-order valence-corrected chi connectivity index (χ3v) is 6.63. The van der Waals surface area contributed by atoms with Gasteiger partial charge in [0, 0.05) is 29.1 Å². The number of hydrogen-bond donors (Lipinski definition) is 1. The van der Waals surface area contributed by atoms with Crippen LogP contribution in [-0.4, -0.2) is 21.4 Å². The van der Waals surface area contributed by atoms with Gasteiger partial charge in [0.05, 0.1) is 10.6 Å². The molecule has 1 aliphatic heterocycles. The number of nitrogens with one attached hydrogen (secondary N) is 1. The Kier molecular flexibility index (Phi) is 4.59. The van der Waals surface area contributed by atoms with Crippen LogP contribution in [0.3, 0.4) is 0 Å². The number of anilines is 2. The van der Waals surface area contributed by atoms with E-state index in [4.69, 9.17) is 0 Å². The molecule has 0 bridgehead atoms. The maximum absolute atomic E-state index is 13.1. The molecule has 1 aliphatic rings. The molecule has 1 N–H and O–H groups in total. The second-order valence-corrected chi connectivity index (χ2v) is 8.73. The van der Waals surface area contributed by atoms with E-state index in [1.54, 1.807) is 54.4 Å². The maximum atomic E-state index is 13.1. The Morgan fingerprint density at radius 2 is 1.75 bits per heavy atom. The van der Waals surface area contributed by atoms with Gasteiger partial charge in [-0.05, 0) is 48.7 Å². The number of hydrogen-bond acceptors (Lipinski definition) is 3. The van der Waals surface area contributed by atoms with E-state index in [1.165, 1.54) is 5.56 Å². The topological polar surface area (TPSA) is 66.5 Å². The molecule has 5 nitrogen and oxygen atoms in total. The molecule has 144 valence electrons. The lowest BCUT2D eigenvalue weighted by Gasteiger charge is -2.13. The van der Waals surface area contributed by atoms with Crippen molar-refractivity contribution in [3.05, 3.63) is 65.7 Å². The van der Waals surface area contributed by atoms with Crippen molar-refractivity contribution < 1.29 is 13.2 Å². The summed E-state index contributed by atoms with van der Waals surface area (Å²) >= 11 is 0. The van der Waals surface area contributed by atoms with Crippen molar-refractivity contribution in [3.63, 3.8) is 0 Å². The molecule has 0 unspecified atom stereocenters. The summed E-state index contributed by atoms with van der Waals surface area (Å²) in [6, 6.07) is 15.9. The molecule has 0 saturated carbocycles. The zero-order valence-electron chi connectivity index (χ0n) is 15.9. The number of aryl methyl sites for hydroxylation is 1. The summed E-state index contributed by atoms with van der Waals surface area (Å²) in [5.74, 6) is -0.120. The third kappa shape index (κ3) is 3.03. The summed E-state index contributed by atoms with van der Waals surface area (Å²) in [5, 5.41) is 1.24. The third-order valence-electron chi connectivity index (χ3n) is 5.19. The van der Waals surface area contributed by atoms with Gasteiger partial charge in [-0.15, -0.1) is 0 Å². The van der Waals surface area contributed by atoms with Crippen molar-refractivity contribution in [2.24, 2.45) is 0 Å². The highest BCUT2D eigenvalue weighted by molar-refractivity contribution is 7.93. The molecule has 1 amide bonds. The average Bonchev–Trinajstić information content (AvgIpc) is 2.94. The van der Waals surface area contributed by atoms with Gasteiger partial charge in [0.25, 0.3) is 15.9 Å². The summed E-state index contributed by atoms with van der Waals surface area (Å²) in [4.78, 5) is 14.1. The van der Waals surface area contributed by atoms with Crippen LogP contribution < -0.4 is 9.62 Å². The molecule has 6 heteroatoms. The summed E-state index contributed by atoms with van der Waals surface area (Å²) in [6.45, 7) is 2.14. The molecule has 3 aromatic rings. The Morgan fingerprint density at radius 3 is 2.46 bits per heavy atom. The standard InChI is InChI=1S/C22H22N2O3S/c1-3-4-6-15-9-11-16(12-10-15)23-28(26,27)20-14-13-19-21-17(20)7-5-8-18(21)22(25)24(19)2/h5,7-14,23H,3-4,6H2,1-2H3. The Hall–Kier alpha value is -2.86. The molecule has 0 saturated heterocycles. The van der Waals surface area contributed by atoms with Crippen molar-refractivity contribution >= 4 is 38.1 Å². The molecule has 4 rings (SSSR count). The molecule has 1 heterocycles. The molecule has 28 heavy (non-hydrogen) atoms. The predicted molar refractivity (Wildman–Crippen MR) is 113 cm³/mol. The Balaban J connectivity index is 1.71. The lowest BCUT2D eigenvalue weighted by atomic mass is 10.1. The van der Waals surface area contributed by atoms with E-state index < -0.39 is 10.0 Å². The van der Waals surface area contributed by atoms with Crippen LogP contribution in [0.2, 0.25) is 0 Å². The lowest BCUT2D eigenvalue weighted by molar-refractivity contribution is 0.0999. The van der Waals surface area contributed by atoms with Gasteiger partial charge < -0.3 is 4.90 Å². The van der Waals surface area contributed by atoms with Gasteiger partial charge in [-0.2, -0.15) is 0 Å². The average molecular weight is 394 g/mol. The number of carbonyl (C=O) groups is 1. The normalized spacial score (nSPS) is 13.4. The van der Waals surface area contributed by atoms with Gasteiger partial charge in [0.15, 0.2) is 0 Å². The van der Waals surface area contributed by atoms with E-state index in [2.05, 4.69) is 11.6 Å². The zero-order chi connectivity index (χ0) is 19.9. The van der Waals surface area contributed by atoms with Gasteiger partial charge in [0.1, 0.15) is 0 Å². The van der Waals surface area contributed by atoms with E-state index in [1.807, 2.05) is 12.1 Å². The molecule has 0 fully saturated rings. The molecule has 0 radical (unpaired) electrons. The smallest absolute Gasteiger partial charge is 0.262 e. The number of sulfonamides is 1. The van der Waals surface area contributed by atoms with Crippen LogP contribution >= 0.6 is 0 Å². The zero-order valence-corrected chi connectivity index (χ0v) is 16.7. The maximum Gasteiger partial charge on any atom is 0.262 e.